The van der Waals surface area contributed by atoms with Crippen LogP contribution in [0.15, 0.2) is 30.3 Å². The zero-order valence-electron chi connectivity index (χ0n) is 14.9. The molecule has 0 aliphatic carbocycles. The van der Waals surface area contributed by atoms with Gasteiger partial charge in [-0.2, -0.15) is 4.98 Å². The Morgan fingerprint density at radius 2 is 1.96 bits per heavy atom. The van der Waals surface area contributed by atoms with E-state index in [4.69, 9.17) is 4.98 Å². The van der Waals surface area contributed by atoms with Gasteiger partial charge in [-0.1, -0.05) is 24.3 Å². The van der Waals surface area contributed by atoms with Gasteiger partial charge in [0.1, 0.15) is 5.82 Å². The minimum atomic E-state index is 0.739. The maximum Gasteiger partial charge on any atom is 0.224 e. The summed E-state index contributed by atoms with van der Waals surface area (Å²) in [4.78, 5) is 13.8. The Hall–Kier alpha value is -2.14. The second-order valence-electron chi connectivity index (χ2n) is 6.72. The Bertz CT molecular complexity index is 683. The van der Waals surface area contributed by atoms with E-state index in [9.17, 15) is 0 Å². The summed E-state index contributed by atoms with van der Waals surface area (Å²) in [6.45, 7) is 5.92. The fourth-order valence-electron chi connectivity index (χ4n) is 3.08. The molecule has 3 rings (SSSR count). The highest BCUT2D eigenvalue weighted by atomic mass is 15.2. The van der Waals surface area contributed by atoms with Crippen LogP contribution < -0.4 is 10.2 Å². The fourth-order valence-corrected chi connectivity index (χ4v) is 3.08. The first-order valence-electron chi connectivity index (χ1n) is 8.68. The summed E-state index contributed by atoms with van der Waals surface area (Å²) in [6, 6.07) is 10.8. The quantitative estimate of drug-likeness (QED) is 0.827. The Kier molecular flexibility index (Phi) is 5.30. The van der Waals surface area contributed by atoms with Gasteiger partial charge in [-0.15, -0.1) is 0 Å². The number of hydrogen-bond acceptors (Lipinski definition) is 5. The SMILES string of the molecule is Cc1cc(N2CCc3ccccc3C2)nc(NCCCN(C)C)n1. The van der Waals surface area contributed by atoms with Crippen molar-refractivity contribution in [3.8, 4) is 0 Å². The number of nitrogens with zero attached hydrogens (tertiary/aromatic N) is 4. The van der Waals surface area contributed by atoms with Gasteiger partial charge in [-0.05, 0) is 51.5 Å². The molecule has 1 aromatic heterocycles. The highest BCUT2D eigenvalue weighted by Gasteiger charge is 2.18. The molecule has 128 valence electrons. The van der Waals surface area contributed by atoms with Gasteiger partial charge in [-0.3, -0.25) is 0 Å². The first-order valence-corrected chi connectivity index (χ1v) is 8.68. The Labute approximate surface area is 144 Å². The van der Waals surface area contributed by atoms with E-state index < -0.39 is 0 Å². The number of rotatable bonds is 6. The third-order valence-electron chi connectivity index (χ3n) is 4.36. The van der Waals surface area contributed by atoms with Crippen molar-refractivity contribution in [2.45, 2.75) is 26.3 Å². The van der Waals surface area contributed by atoms with E-state index in [0.29, 0.717) is 0 Å². The van der Waals surface area contributed by atoms with Crippen LogP contribution in [0, 0.1) is 6.92 Å². The van der Waals surface area contributed by atoms with Crippen molar-refractivity contribution in [3.05, 3.63) is 47.2 Å². The molecule has 0 spiro atoms. The van der Waals surface area contributed by atoms with Crippen LogP contribution in [0.1, 0.15) is 23.2 Å². The summed E-state index contributed by atoms with van der Waals surface area (Å²) in [5, 5.41) is 3.36. The van der Waals surface area contributed by atoms with Crippen molar-refractivity contribution < 1.29 is 0 Å². The van der Waals surface area contributed by atoms with Gasteiger partial charge in [0.2, 0.25) is 5.95 Å². The van der Waals surface area contributed by atoms with E-state index in [1.54, 1.807) is 0 Å². The lowest BCUT2D eigenvalue weighted by molar-refractivity contribution is 0.405. The summed E-state index contributed by atoms with van der Waals surface area (Å²) < 4.78 is 0. The van der Waals surface area contributed by atoms with Gasteiger partial charge in [-0.25, -0.2) is 4.98 Å². The van der Waals surface area contributed by atoms with Crippen LogP contribution in [-0.2, 0) is 13.0 Å². The third-order valence-corrected chi connectivity index (χ3v) is 4.36. The largest absolute Gasteiger partial charge is 0.354 e. The molecule has 2 aromatic rings. The highest BCUT2D eigenvalue weighted by Crippen LogP contribution is 2.24. The van der Waals surface area contributed by atoms with E-state index in [0.717, 1.165) is 56.5 Å². The van der Waals surface area contributed by atoms with Crippen LogP contribution in [0.2, 0.25) is 0 Å². The van der Waals surface area contributed by atoms with E-state index >= 15 is 0 Å². The topological polar surface area (TPSA) is 44.3 Å². The number of hydrogen-bond donors (Lipinski definition) is 1. The van der Waals surface area contributed by atoms with Crippen LogP contribution in [-0.4, -0.2) is 48.6 Å². The molecule has 1 aliphatic rings. The van der Waals surface area contributed by atoms with Crippen molar-refractivity contribution in [2.24, 2.45) is 0 Å². The van der Waals surface area contributed by atoms with Crippen LogP contribution in [0.3, 0.4) is 0 Å². The molecule has 0 fully saturated rings. The van der Waals surface area contributed by atoms with Gasteiger partial charge in [0.15, 0.2) is 0 Å². The summed E-state index contributed by atoms with van der Waals surface area (Å²) >= 11 is 0. The molecule has 5 nitrogen and oxygen atoms in total. The standard InChI is InChI=1S/C19H27N5/c1-15-13-18(22-19(21-15)20-10-6-11-23(2)3)24-12-9-16-7-4-5-8-17(16)14-24/h4-5,7-8,13H,6,9-12,14H2,1-3H3,(H,20,21,22). The molecule has 0 bridgehead atoms. The van der Waals surface area contributed by atoms with Crippen molar-refractivity contribution in [2.75, 3.05) is 43.9 Å². The van der Waals surface area contributed by atoms with Crippen LogP contribution in [0.4, 0.5) is 11.8 Å². The molecule has 0 amide bonds. The monoisotopic (exact) mass is 325 g/mol. The first kappa shape index (κ1) is 16.7. The number of anilines is 2. The lowest BCUT2D eigenvalue weighted by Crippen LogP contribution is -2.31. The molecule has 0 unspecified atom stereocenters. The van der Waals surface area contributed by atoms with E-state index in [1.165, 1.54) is 11.1 Å². The molecule has 0 atom stereocenters. The van der Waals surface area contributed by atoms with Crippen molar-refractivity contribution in [3.63, 3.8) is 0 Å². The average Bonchev–Trinajstić information content (AvgIpc) is 2.58. The minimum absolute atomic E-state index is 0.739. The summed E-state index contributed by atoms with van der Waals surface area (Å²) in [6.07, 6.45) is 2.15. The second kappa shape index (κ2) is 7.62. The van der Waals surface area contributed by atoms with Gasteiger partial charge < -0.3 is 15.1 Å². The molecule has 2 heterocycles. The zero-order chi connectivity index (χ0) is 16.9. The van der Waals surface area contributed by atoms with E-state index in [1.807, 2.05) is 6.92 Å². The van der Waals surface area contributed by atoms with Gasteiger partial charge in [0.25, 0.3) is 0 Å². The maximum atomic E-state index is 4.74. The first-order chi connectivity index (χ1) is 11.6. The van der Waals surface area contributed by atoms with Gasteiger partial charge >= 0.3 is 0 Å². The van der Waals surface area contributed by atoms with E-state index in [2.05, 4.69) is 64.5 Å². The molecule has 5 heteroatoms. The maximum absolute atomic E-state index is 4.74. The zero-order valence-corrected chi connectivity index (χ0v) is 14.9. The molecule has 0 saturated carbocycles. The number of aryl methyl sites for hydroxylation is 1. The summed E-state index contributed by atoms with van der Waals surface area (Å²) in [5.74, 6) is 1.76. The summed E-state index contributed by atoms with van der Waals surface area (Å²) in [7, 11) is 4.19. The number of nitrogens with one attached hydrogen (secondary N) is 1. The number of benzene rings is 1. The lowest BCUT2D eigenvalue weighted by atomic mass is 10.00. The Morgan fingerprint density at radius 3 is 2.75 bits per heavy atom. The van der Waals surface area contributed by atoms with Gasteiger partial charge in [0, 0.05) is 31.4 Å². The molecule has 0 radical (unpaired) electrons. The smallest absolute Gasteiger partial charge is 0.224 e. The molecule has 1 aliphatic heterocycles. The average molecular weight is 325 g/mol. The van der Waals surface area contributed by atoms with Crippen molar-refractivity contribution in [1.29, 1.82) is 0 Å². The highest BCUT2D eigenvalue weighted by molar-refractivity contribution is 5.48. The van der Waals surface area contributed by atoms with E-state index in [-0.39, 0.29) is 0 Å². The van der Waals surface area contributed by atoms with Crippen LogP contribution in [0.25, 0.3) is 0 Å². The molecule has 0 saturated heterocycles. The molecule has 24 heavy (non-hydrogen) atoms. The predicted octanol–water partition coefficient (Wildman–Crippen LogP) is 2.71. The van der Waals surface area contributed by atoms with Gasteiger partial charge in [0.05, 0.1) is 0 Å². The Morgan fingerprint density at radius 1 is 1.17 bits per heavy atom. The fraction of sp³-hybridized carbons (Fsp3) is 0.474. The number of fused-ring (bicyclic) bond motifs is 1. The molecular formula is C19H27N5. The van der Waals surface area contributed by atoms with Crippen molar-refractivity contribution in [1.82, 2.24) is 14.9 Å². The normalized spacial score (nSPS) is 13.9. The number of aromatic nitrogens is 2. The van der Waals surface area contributed by atoms with Crippen molar-refractivity contribution >= 4 is 11.8 Å². The van der Waals surface area contributed by atoms with Crippen LogP contribution in [0.5, 0.6) is 0 Å². The van der Waals surface area contributed by atoms with Crippen LogP contribution >= 0.6 is 0 Å². The Balaban J connectivity index is 1.68. The molecule has 1 N–H and O–H groups in total. The summed E-state index contributed by atoms with van der Waals surface area (Å²) in [5.41, 5.74) is 3.87. The third kappa shape index (κ3) is 4.23. The molecule has 1 aromatic carbocycles. The predicted molar refractivity (Wildman–Crippen MR) is 99.6 cm³/mol. The second-order valence-corrected chi connectivity index (χ2v) is 6.72. The lowest BCUT2D eigenvalue weighted by Gasteiger charge is -2.30. The molecular weight excluding hydrogens is 298 g/mol. The minimum Gasteiger partial charge on any atom is -0.354 e.